The van der Waals surface area contributed by atoms with E-state index >= 15 is 0 Å². The molecule has 0 radical (unpaired) electrons. The van der Waals surface area contributed by atoms with Crippen LogP contribution in [0.25, 0.3) is 11.5 Å². The first kappa shape index (κ1) is 15.2. The Kier molecular flexibility index (Phi) is 4.59. The molecule has 22 heavy (non-hydrogen) atoms. The number of rotatable bonds is 4. The van der Waals surface area contributed by atoms with Crippen molar-refractivity contribution < 1.29 is 9.21 Å². The van der Waals surface area contributed by atoms with E-state index in [2.05, 4.69) is 22.5 Å². The average Bonchev–Trinajstić information content (AvgIpc) is 3.09. The third-order valence-corrected chi connectivity index (χ3v) is 4.66. The summed E-state index contributed by atoms with van der Waals surface area (Å²) in [6.45, 7) is 4.96. The molecule has 0 bridgehead atoms. The highest BCUT2D eigenvalue weighted by atomic mass is 32.1. The van der Waals surface area contributed by atoms with Gasteiger partial charge in [-0.2, -0.15) is 11.3 Å². The van der Waals surface area contributed by atoms with Crippen LogP contribution in [0.5, 0.6) is 0 Å². The number of thiophene rings is 1. The third kappa shape index (κ3) is 3.56. The largest absolute Gasteiger partial charge is 0.441 e. The van der Waals surface area contributed by atoms with Crippen LogP contribution >= 0.6 is 11.3 Å². The lowest BCUT2D eigenvalue weighted by Gasteiger charge is -2.28. The fourth-order valence-electron chi connectivity index (χ4n) is 2.80. The standard InChI is InChI=1S/C16H21N3O2S/c1-10-7-13(3-5-17-10)18-15(20)8-14-11(2)21-16(19-14)12-4-6-22-9-12/h4,6,9-10,13,17H,3,5,7-8H2,1-2H3,(H,18,20). The number of nitrogens with one attached hydrogen (secondary N) is 2. The Hall–Kier alpha value is -1.66. The predicted molar refractivity (Wildman–Crippen MR) is 86.9 cm³/mol. The van der Waals surface area contributed by atoms with E-state index < -0.39 is 0 Å². The third-order valence-electron chi connectivity index (χ3n) is 3.98. The number of carbonyl (C=O) groups excluding carboxylic acids is 1. The maximum absolute atomic E-state index is 12.2. The van der Waals surface area contributed by atoms with Gasteiger partial charge in [0.25, 0.3) is 0 Å². The maximum atomic E-state index is 12.2. The zero-order chi connectivity index (χ0) is 15.5. The fourth-order valence-corrected chi connectivity index (χ4v) is 3.43. The highest BCUT2D eigenvalue weighted by molar-refractivity contribution is 7.08. The minimum Gasteiger partial charge on any atom is -0.441 e. The average molecular weight is 319 g/mol. The van der Waals surface area contributed by atoms with E-state index in [1.165, 1.54) is 0 Å². The van der Waals surface area contributed by atoms with Gasteiger partial charge in [0.2, 0.25) is 11.8 Å². The normalized spacial score (nSPS) is 21.7. The first-order valence-electron chi connectivity index (χ1n) is 7.63. The Morgan fingerprint density at radius 1 is 1.59 bits per heavy atom. The van der Waals surface area contributed by atoms with Crippen LogP contribution < -0.4 is 10.6 Å². The molecular formula is C16H21N3O2S. The van der Waals surface area contributed by atoms with E-state index in [0.29, 0.717) is 11.9 Å². The van der Waals surface area contributed by atoms with E-state index in [1.807, 2.05) is 23.8 Å². The second-order valence-corrected chi connectivity index (χ2v) is 6.63. The molecule has 1 aliphatic heterocycles. The Labute approximate surface area is 134 Å². The molecular weight excluding hydrogens is 298 g/mol. The van der Waals surface area contributed by atoms with Gasteiger partial charge in [0.15, 0.2) is 0 Å². The van der Waals surface area contributed by atoms with Crippen molar-refractivity contribution in [2.45, 2.75) is 45.2 Å². The number of oxazole rings is 1. The maximum Gasteiger partial charge on any atom is 0.227 e. The molecule has 0 aliphatic carbocycles. The van der Waals surface area contributed by atoms with Gasteiger partial charge in [-0.3, -0.25) is 4.79 Å². The molecule has 2 aromatic heterocycles. The molecule has 2 unspecified atom stereocenters. The summed E-state index contributed by atoms with van der Waals surface area (Å²) < 4.78 is 5.67. The van der Waals surface area contributed by atoms with Crippen LogP contribution in [0.15, 0.2) is 21.2 Å². The zero-order valence-corrected chi connectivity index (χ0v) is 13.7. The molecule has 3 heterocycles. The molecule has 1 amide bonds. The number of carbonyl (C=O) groups is 1. The smallest absolute Gasteiger partial charge is 0.227 e. The summed E-state index contributed by atoms with van der Waals surface area (Å²) in [7, 11) is 0. The monoisotopic (exact) mass is 319 g/mol. The van der Waals surface area contributed by atoms with Gasteiger partial charge in [-0.15, -0.1) is 0 Å². The first-order valence-corrected chi connectivity index (χ1v) is 8.57. The van der Waals surface area contributed by atoms with Gasteiger partial charge < -0.3 is 15.1 Å². The van der Waals surface area contributed by atoms with Crippen LogP contribution in [-0.4, -0.2) is 29.5 Å². The van der Waals surface area contributed by atoms with Crippen molar-refractivity contribution >= 4 is 17.2 Å². The minimum absolute atomic E-state index is 0.0207. The van der Waals surface area contributed by atoms with Crippen LogP contribution in [0.4, 0.5) is 0 Å². The van der Waals surface area contributed by atoms with Crippen LogP contribution in [0.1, 0.15) is 31.2 Å². The van der Waals surface area contributed by atoms with Gasteiger partial charge in [-0.1, -0.05) is 0 Å². The van der Waals surface area contributed by atoms with E-state index in [9.17, 15) is 4.79 Å². The van der Waals surface area contributed by atoms with Crippen LogP contribution in [0, 0.1) is 6.92 Å². The number of piperidine rings is 1. The van der Waals surface area contributed by atoms with Crippen LogP contribution in [-0.2, 0) is 11.2 Å². The Morgan fingerprint density at radius 2 is 2.45 bits per heavy atom. The highest BCUT2D eigenvalue weighted by Gasteiger charge is 2.21. The number of aromatic nitrogens is 1. The molecule has 0 spiro atoms. The molecule has 2 N–H and O–H groups in total. The molecule has 1 saturated heterocycles. The van der Waals surface area contributed by atoms with E-state index in [0.717, 1.165) is 36.4 Å². The van der Waals surface area contributed by atoms with Crippen molar-refractivity contribution in [2.75, 3.05) is 6.54 Å². The molecule has 5 nitrogen and oxygen atoms in total. The highest BCUT2D eigenvalue weighted by Crippen LogP contribution is 2.24. The lowest BCUT2D eigenvalue weighted by molar-refractivity contribution is -0.121. The van der Waals surface area contributed by atoms with Crippen molar-refractivity contribution in [3.05, 3.63) is 28.3 Å². The molecule has 1 aliphatic rings. The van der Waals surface area contributed by atoms with Gasteiger partial charge in [0, 0.05) is 23.0 Å². The second-order valence-electron chi connectivity index (χ2n) is 5.85. The second kappa shape index (κ2) is 6.62. The molecule has 0 saturated carbocycles. The Balaban J connectivity index is 1.62. The quantitative estimate of drug-likeness (QED) is 0.909. The van der Waals surface area contributed by atoms with E-state index in [1.54, 1.807) is 11.3 Å². The molecule has 2 aromatic rings. The summed E-state index contributed by atoms with van der Waals surface area (Å²) in [6.07, 6.45) is 2.23. The zero-order valence-electron chi connectivity index (χ0n) is 12.9. The van der Waals surface area contributed by atoms with Gasteiger partial charge in [0.1, 0.15) is 5.76 Å². The number of hydrogen-bond acceptors (Lipinski definition) is 5. The lowest BCUT2D eigenvalue weighted by atomic mass is 10.0. The van der Waals surface area contributed by atoms with Crippen molar-refractivity contribution in [3.8, 4) is 11.5 Å². The lowest BCUT2D eigenvalue weighted by Crippen LogP contribution is -2.47. The summed E-state index contributed by atoms with van der Waals surface area (Å²) in [4.78, 5) is 16.7. The van der Waals surface area contributed by atoms with E-state index in [4.69, 9.17) is 4.42 Å². The summed E-state index contributed by atoms with van der Waals surface area (Å²) >= 11 is 1.60. The van der Waals surface area contributed by atoms with Crippen LogP contribution in [0.2, 0.25) is 0 Å². The topological polar surface area (TPSA) is 67.2 Å². The summed E-state index contributed by atoms with van der Waals surface area (Å²) in [6, 6.07) is 2.68. The number of nitrogens with zero attached hydrogens (tertiary/aromatic N) is 1. The van der Waals surface area contributed by atoms with Crippen molar-refractivity contribution in [1.29, 1.82) is 0 Å². The summed E-state index contributed by atoms with van der Waals surface area (Å²) in [5.41, 5.74) is 1.69. The molecule has 1 fully saturated rings. The molecule has 6 heteroatoms. The number of hydrogen-bond donors (Lipinski definition) is 2. The summed E-state index contributed by atoms with van der Waals surface area (Å²) in [5, 5.41) is 10.5. The molecule has 3 rings (SSSR count). The van der Waals surface area contributed by atoms with Gasteiger partial charge in [-0.25, -0.2) is 4.98 Å². The molecule has 118 valence electrons. The summed E-state index contributed by atoms with van der Waals surface area (Å²) in [5.74, 6) is 1.33. The number of aryl methyl sites for hydroxylation is 1. The van der Waals surface area contributed by atoms with Crippen molar-refractivity contribution in [1.82, 2.24) is 15.6 Å². The molecule has 0 aromatic carbocycles. The van der Waals surface area contributed by atoms with Crippen molar-refractivity contribution in [2.24, 2.45) is 0 Å². The predicted octanol–water partition coefficient (Wildman–Crippen LogP) is 2.51. The number of amides is 1. The molecule has 2 atom stereocenters. The SMILES string of the molecule is Cc1oc(-c2ccsc2)nc1CC(=O)NC1CCNC(C)C1. The first-order chi connectivity index (χ1) is 10.6. The van der Waals surface area contributed by atoms with Gasteiger partial charge in [0.05, 0.1) is 12.1 Å². The van der Waals surface area contributed by atoms with E-state index in [-0.39, 0.29) is 18.4 Å². The van der Waals surface area contributed by atoms with Gasteiger partial charge >= 0.3 is 0 Å². The minimum atomic E-state index is 0.0207. The van der Waals surface area contributed by atoms with Crippen molar-refractivity contribution in [3.63, 3.8) is 0 Å². The van der Waals surface area contributed by atoms with Gasteiger partial charge in [-0.05, 0) is 44.7 Å². The van der Waals surface area contributed by atoms with Crippen LogP contribution in [0.3, 0.4) is 0 Å². The fraction of sp³-hybridized carbons (Fsp3) is 0.500. The Bertz CT molecular complexity index is 636. The Morgan fingerprint density at radius 3 is 3.18 bits per heavy atom.